The zero-order chi connectivity index (χ0) is 17.4. The van der Waals surface area contributed by atoms with Gasteiger partial charge in [-0.15, -0.1) is 0 Å². The maximum Gasteiger partial charge on any atom is 0.255 e. The van der Waals surface area contributed by atoms with E-state index in [0.717, 1.165) is 5.56 Å². The Balaban J connectivity index is 1.99. The van der Waals surface area contributed by atoms with Gasteiger partial charge in [0.25, 0.3) is 5.91 Å². The molecule has 0 aliphatic carbocycles. The Kier molecular flexibility index (Phi) is 7.37. The van der Waals surface area contributed by atoms with Crippen LogP contribution in [0, 0.1) is 0 Å². The van der Waals surface area contributed by atoms with Gasteiger partial charge < -0.3 is 14.8 Å². The van der Waals surface area contributed by atoms with E-state index >= 15 is 0 Å². The zero-order valence-electron chi connectivity index (χ0n) is 13.4. The van der Waals surface area contributed by atoms with E-state index in [0.29, 0.717) is 47.7 Å². The topological polar surface area (TPSA) is 47.6 Å². The van der Waals surface area contributed by atoms with Crippen LogP contribution >= 0.6 is 23.2 Å². The van der Waals surface area contributed by atoms with Crippen molar-refractivity contribution < 1.29 is 14.3 Å². The van der Waals surface area contributed by atoms with Crippen molar-refractivity contribution >= 4 is 29.1 Å². The number of rotatable bonds is 8. The second kappa shape index (κ2) is 9.52. The fraction of sp³-hybridized carbons (Fsp3) is 0.278. The minimum atomic E-state index is -0.229. The molecule has 0 unspecified atom stereocenters. The molecule has 0 saturated carbocycles. The van der Waals surface area contributed by atoms with Crippen LogP contribution in [0.5, 0.6) is 5.75 Å². The number of hydrogen-bond acceptors (Lipinski definition) is 3. The Morgan fingerprint density at radius 1 is 1.12 bits per heavy atom. The number of amides is 1. The molecular weight excluding hydrogens is 349 g/mol. The second-order valence-electron chi connectivity index (χ2n) is 4.96. The van der Waals surface area contributed by atoms with Crippen molar-refractivity contribution in [2.45, 2.75) is 13.5 Å². The third-order valence-corrected chi connectivity index (χ3v) is 3.86. The molecule has 128 valence electrons. The maximum absolute atomic E-state index is 12.4. The summed E-state index contributed by atoms with van der Waals surface area (Å²) >= 11 is 12.0. The summed E-state index contributed by atoms with van der Waals surface area (Å²) in [5.74, 6) is 0.296. The molecule has 0 aliphatic heterocycles. The summed E-state index contributed by atoms with van der Waals surface area (Å²) in [5.41, 5.74) is 1.27. The number of carbonyl (C=O) groups is 1. The first-order valence-corrected chi connectivity index (χ1v) is 8.39. The Bertz CT molecular complexity index is 692. The lowest BCUT2D eigenvalue weighted by molar-refractivity contribution is 0.0934. The zero-order valence-corrected chi connectivity index (χ0v) is 14.9. The fourth-order valence-corrected chi connectivity index (χ4v) is 2.55. The molecule has 24 heavy (non-hydrogen) atoms. The monoisotopic (exact) mass is 367 g/mol. The number of halogens is 2. The molecule has 2 aromatic carbocycles. The highest BCUT2D eigenvalue weighted by Gasteiger charge is 2.12. The number of hydrogen-bond donors (Lipinski definition) is 1. The molecule has 1 amide bonds. The predicted molar refractivity (Wildman–Crippen MR) is 96.1 cm³/mol. The molecule has 1 N–H and O–H groups in total. The van der Waals surface area contributed by atoms with Crippen LogP contribution in [0.4, 0.5) is 0 Å². The lowest BCUT2D eigenvalue weighted by atomic mass is 10.1. The minimum Gasteiger partial charge on any atom is -0.490 e. The van der Waals surface area contributed by atoms with E-state index in [9.17, 15) is 4.79 Å². The first-order valence-electron chi connectivity index (χ1n) is 7.63. The predicted octanol–water partition coefficient (Wildman–Crippen LogP) is 4.34. The Morgan fingerprint density at radius 3 is 2.67 bits per heavy atom. The molecule has 0 aliphatic rings. The smallest absolute Gasteiger partial charge is 0.255 e. The normalized spacial score (nSPS) is 10.5. The number of para-hydroxylation sites is 1. The van der Waals surface area contributed by atoms with Gasteiger partial charge in [-0.25, -0.2) is 0 Å². The van der Waals surface area contributed by atoms with Gasteiger partial charge in [-0.2, -0.15) is 0 Å². The van der Waals surface area contributed by atoms with Gasteiger partial charge in [0.2, 0.25) is 0 Å². The van der Waals surface area contributed by atoms with E-state index in [4.69, 9.17) is 32.7 Å². The summed E-state index contributed by atoms with van der Waals surface area (Å²) in [6.07, 6.45) is 0. The Morgan fingerprint density at radius 2 is 1.92 bits per heavy atom. The Hall–Kier alpha value is -1.75. The Labute approximate surface area is 151 Å². The molecule has 0 heterocycles. The highest BCUT2D eigenvalue weighted by Crippen LogP contribution is 2.22. The van der Waals surface area contributed by atoms with Crippen LogP contribution in [0.1, 0.15) is 22.8 Å². The van der Waals surface area contributed by atoms with E-state index in [-0.39, 0.29) is 5.91 Å². The minimum absolute atomic E-state index is 0.229. The van der Waals surface area contributed by atoms with E-state index in [1.807, 2.05) is 13.0 Å². The molecule has 0 bridgehead atoms. The van der Waals surface area contributed by atoms with Crippen molar-refractivity contribution in [3.8, 4) is 5.75 Å². The van der Waals surface area contributed by atoms with E-state index < -0.39 is 0 Å². The van der Waals surface area contributed by atoms with Gasteiger partial charge in [-0.1, -0.05) is 41.4 Å². The molecule has 2 rings (SSSR count). The lowest BCUT2D eigenvalue weighted by Crippen LogP contribution is -2.24. The summed E-state index contributed by atoms with van der Waals surface area (Å²) < 4.78 is 10.9. The number of carbonyl (C=O) groups excluding carboxylic acids is 1. The van der Waals surface area contributed by atoms with Crippen molar-refractivity contribution in [3.05, 3.63) is 63.6 Å². The number of ether oxygens (including phenoxy) is 2. The van der Waals surface area contributed by atoms with Gasteiger partial charge in [-0.05, 0) is 36.8 Å². The SMILES string of the molecule is CCOCCOc1ccccc1C(=O)NCc1ccc(Cl)cc1Cl. The van der Waals surface area contributed by atoms with Crippen LogP contribution in [0.3, 0.4) is 0 Å². The summed E-state index contributed by atoms with van der Waals surface area (Å²) in [5, 5.41) is 3.92. The molecular formula is C18H19Cl2NO3. The first kappa shape index (κ1) is 18.6. The van der Waals surface area contributed by atoms with E-state index in [2.05, 4.69) is 5.32 Å². The average molecular weight is 368 g/mol. The van der Waals surface area contributed by atoms with Crippen molar-refractivity contribution in [2.75, 3.05) is 19.8 Å². The summed E-state index contributed by atoms with van der Waals surface area (Å²) in [6, 6.07) is 12.3. The molecule has 0 aromatic heterocycles. The van der Waals surface area contributed by atoms with Gasteiger partial charge in [0, 0.05) is 23.2 Å². The van der Waals surface area contributed by atoms with Gasteiger partial charge in [0.15, 0.2) is 0 Å². The molecule has 6 heteroatoms. The first-order chi connectivity index (χ1) is 11.6. The number of benzene rings is 2. The van der Waals surface area contributed by atoms with Crippen molar-refractivity contribution in [3.63, 3.8) is 0 Å². The average Bonchev–Trinajstić information content (AvgIpc) is 2.58. The molecule has 0 saturated heterocycles. The summed E-state index contributed by atoms with van der Waals surface area (Å²) in [6.45, 7) is 3.73. The van der Waals surface area contributed by atoms with Gasteiger partial charge in [0.05, 0.1) is 12.2 Å². The van der Waals surface area contributed by atoms with Crippen LogP contribution in [0.2, 0.25) is 10.0 Å². The standard InChI is InChI=1S/C18H19Cl2NO3/c1-2-23-9-10-24-17-6-4-3-5-15(17)18(22)21-12-13-7-8-14(19)11-16(13)20/h3-8,11H,2,9-10,12H2,1H3,(H,21,22). The molecule has 0 radical (unpaired) electrons. The van der Waals surface area contributed by atoms with E-state index in [1.165, 1.54) is 0 Å². The molecule has 0 fully saturated rings. The molecule has 0 atom stereocenters. The molecule has 2 aromatic rings. The number of nitrogens with one attached hydrogen (secondary N) is 1. The third-order valence-electron chi connectivity index (χ3n) is 3.28. The fourth-order valence-electron chi connectivity index (χ4n) is 2.07. The third kappa shape index (κ3) is 5.41. The highest BCUT2D eigenvalue weighted by molar-refractivity contribution is 6.35. The second-order valence-corrected chi connectivity index (χ2v) is 5.80. The summed E-state index contributed by atoms with van der Waals surface area (Å²) in [4.78, 5) is 12.4. The van der Waals surface area contributed by atoms with Crippen LogP contribution in [-0.4, -0.2) is 25.7 Å². The van der Waals surface area contributed by atoms with Crippen LogP contribution in [-0.2, 0) is 11.3 Å². The van der Waals surface area contributed by atoms with Crippen LogP contribution in [0.25, 0.3) is 0 Å². The van der Waals surface area contributed by atoms with Crippen LogP contribution in [0.15, 0.2) is 42.5 Å². The van der Waals surface area contributed by atoms with Crippen molar-refractivity contribution in [1.82, 2.24) is 5.32 Å². The maximum atomic E-state index is 12.4. The largest absolute Gasteiger partial charge is 0.490 e. The molecule has 4 nitrogen and oxygen atoms in total. The quantitative estimate of drug-likeness (QED) is 0.706. The van der Waals surface area contributed by atoms with Crippen LogP contribution < -0.4 is 10.1 Å². The summed E-state index contributed by atoms with van der Waals surface area (Å²) in [7, 11) is 0. The molecule has 0 spiro atoms. The van der Waals surface area contributed by atoms with Gasteiger partial charge >= 0.3 is 0 Å². The van der Waals surface area contributed by atoms with Gasteiger partial charge in [0.1, 0.15) is 12.4 Å². The van der Waals surface area contributed by atoms with Crippen molar-refractivity contribution in [1.29, 1.82) is 0 Å². The highest BCUT2D eigenvalue weighted by atomic mass is 35.5. The lowest BCUT2D eigenvalue weighted by Gasteiger charge is -2.12. The van der Waals surface area contributed by atoms with E-state index in [1.54, 1.807) is 36.4 Å². The van der Waals surface area contributed by atoms with Gasteiger partial charge in [-0.3, -0.25) is 4.79 Å². The van der Waals surface area contributed by atoms with Crippen molar-refractivity contribution in [2.24, 2.45) is 0 Å².